The molecule has 3 rings (SSSR count). The van der Waals surface area contributed by atoms with E-state index in [0.29, 0.717) is 24.3 Å². The minimum atomic E-state index is 0.344. The van der Waals surface area contributed by atoms with Gasteiger partial charge in [-0.15, -0.1) is 0 Å². The number of aromatic nitrogens is 2. The topological polar surface area (TPSA) is 68.2 Å². The zero-order valence-corrected chi connectivity index (χ0v) is 11.7. The van der Waals surface area contributed by atoms with Crippen molar-refractivity contribution in [2.24, 2.45) is 5.73 Å². The highest BCUT2D eigenvalue weighted by molar-refractivity contribution is 5.54. The maximum atomic E-state index is 5.90. The summed E-state index contributed by atoms with van der Waals surface area (Å²) in [5, 5.41) is 4.06. The van der Waals surface area contributed by atoms with Gasteiger partial charge in [-0.2, -0.15) is 4.98 Å². The maximum absolute atomic E-state index is 5.90. The van der Waals surface area contributed by atoms with E-state index in [9.17, 15) is 0 Å². The quantitative estimate of drug-likeness (QED) is 0.925. The molecule has 2 N–H and O–H groups in total. The fraction of sp³-hybridized carbons (Fsp3) is 0.467. The highest BCUT2D eigenvalue weighted by Crippen LogP contribution is 2.18. The summed E-state index contributed by atoms with van der Waals surface area (Å²) in [5.41, 5.74) is 8.12. The summed E-state index contributed by atoms with van der Waals surface area (Å²) >= 11 is 0. The first-order valence-corrected chi connectivity index (χ1v) is 7.08. The fourth-order valence-corrected chi connectivity index (χ4v) is 2.44. The first-order valence-electron chi connectivity index (χ1n) is 7.08. The Morgan fingerprint density at radius 2 is 1.95 bits per heavy atom. The van der Waals surface area contributed by atoms with Gasteiger partial charge in [-0.1, -0.05) is 35.0 Å². The molecule has 1 aromatic carbocycles. The Labute approximate surface area is 118 Å². The van der Waals surface area contributed by atoms with Crippen LogP contribution in [0, 0.1) is 6.92 Å². The van der Waals surface area contributed by atoms with Crippen LogP contribution >= 0.6 is 0 Å². The van der Waals surface area contributed by atoms with E-state index in [-0.39, 0.29) is 0 Å². The summed E-state index contributed by atoms with van der Waals surface area (Å²) in [4.78, 5) is 6.79. The molecule has 5 heteroatoms. The van der Waals surface area contributed by atoms with Crippen molar-refractivity contribution in [2.45, 2.75) is 32.4 Å². The number of hydrogen-bond acceptors (Lipinski definition) is 5. The monoisotopic (exact) mass is 272 g/mol. The van der Waals surface area contributed by atoms with Gasteiger partial charge in [0.1, 0.15) is 0 Å². The van der Waals surface area contributed by atoms with E-state index in [1.807, 2.05) is 12.1 Å². The highest BCUT2D eigenvalue weighted by Gasteiger charge is 2.18. The summed E-state index contributed by atoms with van der Waals surface area (Å²) in [6, 6.07) is 8.49. The molecule has 106 valence electrons. The normalized spacial score (nSPS) is 17.5. The van der Waals surface area contributed by atoms with Gasteiger partial charge < -0.3 is 10.3 Å². The lowest BCUT2D eigenvalue weighted by Crippen LogP contribution is -2.39. The third-order valence-electron chi connectivity index (χ3n) is 3.77. The van der Waals surface area contributed by atoms with E-state index >= 15 is 0 Å². The van der Waals surface area contributed by atoms with E-state index in [1.165, 1.54) is 5.56 Å². The zero-order chi connectivity index (χ0) is 13.9. The lowest BCUT2D eigenvalue weighted by atomic mass is 10.1. The molecule has 0 aliphatic carbocycles. The molecule has 0 unspecified atom stereocenters. The van der Waals surface area contributed by atoms with Crippen molar-refractivity contribution in [1.29, 1.82) is 0 Å². The number of nitrogens with zero attached hydrogens (tertiary/aromatic N) is 3. The van der Waals surface area contributed by atoms with Crippen LogP contribution < -0.4 is 5.73 Å². The first-order chi connectivity index (χ1) is 9.70. The Hall–Kier alpha value is -1.72. The average Bonchev–Trinajstić information content (AvgIpc) is 2.91. The van der Waals surface area contributed by atoms with E-state index in [4.69, 9.17) is 10.3 Å². The van der Waals surface area contributed by atoms with Crippen molar-refractivity contribution in [1.82, 2.24) is 15.0 Å². The molecule has 1 aliphatic rings. The van der Waals surface area contributed by atoms with Crippen LogP contribution in [-0.2, 0) is 6.54 Å². The van der Waals surface area contributed by atoms with Gasteiger partial charge in [-0.25, -0.2) is 0 Å². The Bertz CT molecular complexity index is 556. The molecule has 0 bridgehead atoms. The van der Waals surface area contributed by atoms with Crippen LogP contribution in [0.3, 0.4) is 0 Å². The standard InChI is InChI=1S/C15H20N4O/c1-11-2-4-12(5-3-11)15-17-14(20-18-15)10-19-8-6-13(16)7-9-19/h2-5,13H,6-10,16H2,1H3. The van der Waals surface area contributed by atoms with E-state index in [0.717, 1.165) is 31.5 Å². The van der Waals surface area contributed by atoms with Crippen molar-refractivity contribution in [3.05, 3.63) is 35.7 Å². The Morgan fingerprint density at radius 3 is 2.65 bits per heavy atom. The molecule has 5 nitrogen and oxygen atoms in total. The summed E-state index contributed by atoms with van der Waals surface area (Å²) in [6.45, 7) is 4.78. The Morgan fingerprint density at radius 1 is 1.25 bits per heavy atom. The number of hydrogen-bond donors (Lipinski definition) is 1. The number of benzene rings is 1. The molecule has 0 spiro atoms. The summed E-state index contributed by atoms with van der Waals surface area (Å²) < 4.78 is 5.34. The Balaban J connectivity index is 1.66. The van der Waals surface area contributed by atoms with Crippen LogP contribution in [0.5, 0.6) is 0 Å². The molecule has 0 saturated carbocycles. The zero-order valence-electron chi connectivity index (χ0n) is 11.7. The van der Waals surface area contributed by atoms with Crippen LogP contribution in [0.2, 0.25) is 0 Å². The molecular weight excluding hydrogens is 252 g/mol. The molecule has 2 heterocycles. The maximum Gasteiger partial charge on any atom is 0.241 e. The fourth-order valence-electron chi connectivity index (χ4n) is 2.44. The second-order valence-electron chi connectivity index (χ2n) is 5.49. The van der Waals surface area contributed by atoms with E-state index in [2.05, 4.69) is 34.1 Å². The van der Waals surface area contributed by atoms with Gasteiger partial charge in [0.05, 0.1) is 6.54 Å². The summed E-state index contributed by atoms with van der Waals surface area (Å²) in [6.07, 6.45) is 2.08. The van der Waals surface area contributed by atoms with Crippen molar-refractivity contribution in [2.75, 3.05) is 13.1 Å². The minimum Gasteiger partial charge on any atom is -0.338 e. The minimum absolute atomic E-state index is 0.344. The molecule has 0 amide bonds. The SMILES string of the molecule is Cc1ccc(-c2noc(CN3CCC(N)CC3)n2)cc1. The third kappa shape index (κ3) is 3.05. The van der Waals surface area contributed by atoms with Crippen molar-refractivity contribution in [3.63, 3.8) is 0 Å². The largest absolute Gasteiger partial charge is 0.338 e. The molecule has 1 saturated heterocycles. The van der Waals surface area contributed by atoms with Gasteiger partial charge in [0, 0.05) is 24.7 Å². The third-order valence-corrected chi connectivity index (χ3v) is 3.77. The summed E-state index contributed by atoms with van der Waals surface area (Å²) in [5.74, 6) is 1.34. The smallest absolute Gasteiger partial charge is 0.241 e. The van der Waals surface area contributed by atoms with Crippen LogP contribution in [-0.4, -0.2) is 34.2 Å². The first kappa shape index (κ1) is 13.3. The van der Waals surface area contributed by atoms with Gasteiger partial charge in [0.15, 0.2) is 0 Å². The van der Waals surface area contributed by atoms with Gasteiger partial charge >= 0.3 is 0 Å². The molecule has 0 radical (unpaired) electrons. The number of piperidine rings is 1. The molecule has 0 atom stereocenters. The number of aryl methyl sites for hydroxylation is 1. The summed E-state index contributed by atoms with van der Waals surface area (Å²) in [7, 11) is 0. The predicted molar refractivity (Wildman–Crippen MR) is 77.0 cm³/mol. The highest BCUT2D eigenvalue weighted by atomic mass is 16.5. The second kappa shape index (κ2) is 5.73. The molecule has 1 aliphatic heterocycles. The molecule has 1 aromatic heterocycles. The van der Waals surface area contributed by atoms with Gasteiger partial charge in [0.2, 0.25) is 11.7 Å². The predicted octanol–water partition coefficient (Wildman–Crippen LogP) is 1.97. The Kier molecular flexibility index (Phi) is 3.80. The number of likely N-dealkylation sites (tertiary alicyclic amines) is 1. The molecule has 2 aromatic rings. The van der Waals surface area contributed by atoms with Gasteiger partial charge in [-0.05, 0) is 19.8 Å². The van der Waals surface area contributed by atoms with E-state index < -0.39 is 0 Å². The van der Waals surface area contributed by atoms with Crippen LogP contribution in [0.25, 0.3) is 11.4 Å². The second-order valence-corrected chi connectivity index (χ2v) is 5.49. The number of rotatable bonds is 3. The van der Waals surface area contributed by atoms with Crippen molar-refractivity contribution < 1.29 is 4.52 Å². The molecule has 1 fully saturated rings. The van der Waals surface area contributed by atoms with Crippen LogP contribution in [0.1, 0.15) is 24.3 Å². The molecular formula is C15H20N4O. The van der Waals surface area contributed by atoms with Crippen molar-refractivity contribution >= 4 is 0 Å². The van der Waals surface area contributed by atoms with E-state index in [1.54, 1.807) is 0 Å². The lowest BCUT2D eigenvalue weighted by Gasteiger charge is -2.28. The lowest BCUT2D eigenvalue weighted by molar-refractivity contribution is 0.182. The average molecular weight is 272 g/mol. The van der Waals surface area contributed by atoms with Gasteiger partial charge in [-0.3, -0.25) is 4.90 Å². The molecule has 20 heavy (non-hydrogen) atoms. The van der Waals surface area contributed by atoms with Crippen LogP contribution in [0.4, 0.5) is 0 Å². The van der Waals surface area contributed by atoms with Gasteiger partial charge in [0.25, 0.3) is 0 Å². The van der Waals surface area contributed by atoms with Crippen LogP contribution in [0.15, 0.2) is 28.8 Å². The van der Waals surface area contributed by atoms with Crippen molar-refractivity contribution in [3.8, 4) is 11.4 Å². The number of nitrogens with two attached hydrogens (primary N) is 1.